The van der Waals surface area contributed by atoms with E-state index in [4.69, 9.17) is 0 Å². The molecule has 5 nitrogen and oxygen atoms in total. The molecule has 0 spiro atoms. The Hall–Kier alpha value is -0.170. The van der Waals surface area contributed by atoms with Crippen molar-refractivity contribution in [3.8, 4) is 0 Å². The number of sulfonamides is 1. The topological polar surface area (TPSA) is 52.7 Å². The quantitative estimate of drug-likeness (QED) is 0.757. The molecule has 0 aromatic carbocycles. The van der Waals surface area contributed by atoms with Gasteiger partial charge in [-0.15, -0.1) is 0 Å². The van der Waals surface area contributed by atoms with Gasteiger partial charge in [-0.3, -0.25) is 4.90 Å². The average molecular weight is 273 g/mol. The van der Waals surface area contributed by atoms with Crippen LogP contribution in [0.3, 0.4) is 0 Å². The van der Waals surface area contributed by atoms with Crippen LogP contribution < -0.4 is 5.32 Å². The molecule has 0 radical (unpaired) electrons. The van der Waals surface area contributed by atoms with Gasteiger partial charge in [-0.25, -0.2) is 8.42 Å². The van der Waals surface area contributed by atoms with Crippen LogP contribution >= 0.6 is 0 Å². The Kier molecular flexibility index (Phi) is 3.62. The van der Waals surface area contributed by atoms with Crippen molar-refractivity contribution in [3.05, 3.63) is 0 Å². The Bertz CT molecular complexity index is 394. The number of fused-ring (bicyclic) bond motifs is 1. The fraction of sp³-hybridized carbons (Fsp3) is 1.00. The Morgan fingerprint density at radius 3 is 2.72 bits per heavy atom. The molecule has 1 saturated carbocycles. The molecule has 1 atom stereocenters. The third-order valence-electron chi connectivity index (χ3n) is 4.31. The Balaban J connectivity index is 1.52. The van der Waals surface area contributed by atoms with E-state index in [1.807, 2.05) is 0 Å². The van der Waals surface area contributed by atoms with E-state index in [0.717, 1.165) is 19.5 Å². The average Bonchev–Trinajstić information content (AvgIpc) is 3.04. The Morgan fingerprint density at radius 1 is 1.11 bits per heavy atom. The van der Waals surface area contributed by atoms with Gasteiger partial charge in [0.15, 0.2) is 0 Å². The smallest absolute Gasteiger partial charge is 0.215 e. The van der Waals surface area contributed by atoms with Crippen molar-refractivity contribution in [2.75, 3.05) is 38.5 Å². The zero-order valence-electron chi connectivity index (χ0n) is 10.8. The van der Waals surface area contributed by atoms with E-state index in [0.29, 0.717) is 31.7 Å². The summed E-state index contributed by atoms with van der Waals surface area (Å²) in [5, 5.41) is 3.28. The number of hydrogen-bond acceptors (Lipinski definition) is 4. The minimum atomic E-state index is -3.05. The van der Waals surface area contributed by atoms with E-state index >= 15 is 0 Å². The van der Waals surface area contributed by atoms with Crippen LogP contribution in [0.1, 0.15) is 25.7 Å². The molecule has 18 heavy (non-hydrogen) atoms. The first-order valence-electron chi connectivity index (χ1n) is 7.10. The summed E-state index contributed by atoms with van der Waals surface area (Å²) in [5.74, 6) is 0.260. The molecule has 2 saturated heterocycles. The summed E-state index contributed by atoms with van der Waals surface area (Å²) in [6.45, 7) is 4.08. The molecule has 1 N–H and O–H groups in total. The van der Waals surface area contributed by atoms with Gasteiger partial charge in [0.05, 0.1) is 5.75 Å². The summed E-state index contributed by atoms with van der Waals surface area (Å²) >= 11 is 0. The standard InChI is InChI=1S/C12H23N3O2S/c16-18(17,9-5-13-11-3-4-11)15-8-7-14-6-1-2-12(14)10-15/h11-13H,1-10H2. The minimum Gasteiger partial charge on any atom is -0.313 e. The van der Waals surface area contributed by atoms with Crippen molar-refractivity contribution < 1.29 is 8.42 Å². The highest BCUT2D eigenvalue weighted by Gasteiger charge is 2.35. The molecule has 3 rings (SSSR count). The van der Waals surface area contributed by atoms with Crippen LogP contribution in [0.2, 0.25) is 0 Å². The highest BCUT2D eigenvalue weighted by molar-refractivity contribution is 7.89. The van der Waals surface area contributed by atoms with Crippen molar-refractivity contribution in [1.82, 2.24) is 14.5 Å². The molecule has 0 bridgehead atoms. The summed E-state index contributed by atoms with van der Waals surface area (Å²) < 4.78 is 26.2. The van der Waals surface area contributed by atoms with Crippen LogP contribution in [-0.2, 0) is 10.0 Å². The van der Waals surface area contributed by atoms with Crippen molar-refractivity contribution >= 4 is 10.0 Å². The first kappa shape index (κ1) is 12.8. The van der Waals surface area contributed by atoms with Crippen LogP contribution in [0.5, 0.6) is 0 Å². The predicted octanol–water partition coefficient (Wildman–Crippen LogP) is -0.152. The van der Waals surface area contributed by atoms with Gasteiger partial charge in [-0.05, 0) is 32.2 Å². The van der Waals surface area contributed by atoms with Gasteiger partial charge in [-0.2, -0.15) is 4.31 Å². The number of nitrogens with zero attached hydrogens (tertiary/aromatic N) is 2. The van der Waals surface area contributed by atoms with Crippen LogP contribution in [0.25, 0.3) is 0 Å². The maximum absolute atomic E-state index is 12.2. The fourth-order valence-corrected chi connectivity index (χ4v) is 4.42. The fourth-order valence-electron chi connectivity index (χ4n) is 3.02. The monoisotopic (exact) mass is 273 g/mol. The van der Waals surface area contributed by atoms with Crippen molar-refractivity contribution in [3.63, 3.8) is 0 Å². The second kappa shape index (κ2) is 5.07. The normalized spacial score (nSPS) is 30.6. The molecule has 0 aromatic heterocycles. The lowest BCUT2D eigenvalue weighted by Gasteiger charge is -2.36. The lowest BCUT2D eigenvalue weighted by molar-refractivity contribution is 0.158. The molecule has 0 aromatic rings. The van der Waals surface area contributed by atoms with Gasteiger partial charge >= 0.3 is 0 Å². The predicted molar refractivity (Wildman–Crippen MR) is 71.0 cm³/mol. The summed E-state index contributed by atoms with van der Waals surface area (Å²) in [6.07, 6.45) is 4.80. The number of rotatable bonds is 5. The number of piperazine rings is 1. The third kappa shape index (κ3) is 2.87. The maximum Gasteiger partial charge on any atom is 0.215 e. The molecule has 2 aliphatic heterocycles. The van der Waals surface area contributed by atoms with Crippen LogP contribution in [0.15, 0.2) is 0 Å². The largest absolute Gasteiger partial charge is 0.313 e. The van der Waals surface area contributed by atoms with Gasteiger partial charge in [0.1, 0.15) is 0 Å². The second-order valence-corrected chi connectivity index (χ2v) is 7.82. The summed E-state index contributed by atoms with van der Waals surface area (Å²) in [6, 6.07) is 1.07. The lowest BCUT2D eigenvalue weighted by Crippen LogP contribution is -2.53. The number of nitrogens with one attached hydrogen (secondary N) is 1. The molecule has 3 aliphatic rings. The van der Waals surface area contributed by atoms with Gasteiger partial charge in [0.25, 0.3) is 0 Å². The Labute approximate surface area is 110 Å². The lowest BCUT2D eigenvalue weighted by atomic mass is 10.2. The molecule has 6 heteroatoms. The van der Waals surface area contributed by atoms with E-state index in [9.17, 15) is 8.42 Å². The van der Waals surface area contributed by atoms with E-state index in [1.54, 1.807) is 4.31 Å². The molecule has 1 unspecified atom stereocenters. The highest BCUT2D eigenvalue weighted by Crippen LogP contribution is 2.23. The first-order valence-corrected chi connectivity index (χ1v) is 8.71. The van der Waals surface area contributed by atoms with Crippen molar-refractivity contribution in [2.45, 2.75) is 37.8 Å². The zero-order valence-corrected chi connectivity index (χ0v) is 11.7. The second-order valence-electron chi connectivity index (χ2n) is 5.73. The SMILES string of the molecule is O=S(=O)(CCNC1CC1)N1CCN2CCCC2C1. The zero-order chi connectivity index (χ0) is 12.6. The van der Waals surface area contributed by atoms with Gasteiger partial charge in [0.2, 0.25) is 10.0 Å². The molecule has 3 fully saturated rings. The van der Waals surface area contributed by atoms with Crippen LogP contribution in [0, 0.1) is 0 Å². The first-order chi connectivity index (χ1) is 8.65. The van der Waals surface area contributed by atoms with Crippen molar-refractivity contribution in [1.29, 1.82) is 0 Å². The molecule has 2 heterocycles. The van der Waals surface area contributed by atoms with Crippen LogP contribution in [0.4, 0.5) is 0 Å². The van der Waals surface area contributed by atoms with Gasteiger partial charge in [0, 0.05) is 38.3 Å². The molecule has 1 aliphatic carbocycles. The van der Waals surface area contributed by atoms with E-state index < -0.39 is 10.0 Å². The summed E-state index contributed by atoms with van der Waals surface area (Å²) in [5.41, 5.74) is 0. The molecular formula is C12H23N3O2S. The maximum atomic E-state index is 12.2. The van der Waals surface area contributed by atoms with Crippen molar-refractivity contribution in [2.24, 2.45) is 0 Å². The molecule has 0 amide bonds. The minimum absolute atomic E-state index is 0.260. The van der Waals surface area contributed by atoms with Gasteiger partial charge in [-0.1, -0.05) is 0 Å². The summed E-state index contributed by atoms with van der Waals surface area (Å²) in [7, 11) is -3.05. The van der Waals surface area contributed by atoms with E-state index in [-0.39, 0.29) is 5.75 Å². The van der Waals surface area contributed by atoms with Gasteiger partial charge < -0.3 is 5.32 Å². The van der Waals surface area contributed by atoms with E-state index in [2.05, 4.69) is 10.2 Å². The number of hydrogen-bond donors (Lipinski definition) is 1. The Morgan fingerprint density at radius 2 is 1.94 bits per heavy atom. The highest BCUT2D eigenvalue weighted by atomic mass is 32.2. The van der Waals surface area contributed by atoms with Crippen LogP contribution in [-0.4, -0.2) is 68.2 Å². The third-order valence-corrected chi connectivity index (χ3v) is 6.15. The molecule has 104 valence electrons. The molecular weight excluding hydrogens is 250 g/mol. The van der Waals surface area contributed by atoms with E-state index in [1.165, 1.54) is 19.3 Å². The summed E-state index contributed by atoms with van der Waals surface area (Å²) in [4.78, 5) is 2.44.